The van der Waals surface area contributed by atoms with E-state index in [1.54, 1.807) is 0 Å². The van der Waals surface area contributed by atoms with E-state index in [1.807, 2.05) is 18.2 Å². The molecule has 0 radical (unpaired) electrons. The molecule has 3 rings (SSSR count). The number of fused-ring (bicyclic) bond motifs is 1. The van der Waals surface area contributed by atoms with Gasteiger partial charge < -0.3 is 5.32 Å². The average Bonchev–Trinajstić information content (AvgIpc) is 2.83. The fourth-order valence-corrected chi connectivity index (χ4v) is 2.22. The third-order valence-electron chi connectivity index (χ3n) is 2.78. The lowest BCUT2D eigenvalue weighted by Gasteiger charge is -2.03. The molecular weight excluding hydrogens is 230 g/mol. The highest BCUT2D eigenvalue weighted by Gasteiger charge is 2.54. The first-order valence-electron chi connectivity index (χ1n) is 4.34. The van der Waals surface area contributed by atoms with Gasteiger partial charge in [0.1, 0.15) is 5.54 Å². The van der Waals surface area contributed by atoms with Gasteiger partial charge in [-0.05, 0) is 31.0 Å². The summed E-state index contributed by atoms with van der Waals surface area (Å²) in [6, 6.07) is 5.82. The number of rotatable bonds is 0. The lowest BCUT2D eigenvalue weighted by Crippen LogP contribution is -2.23. The van der Waals surface area contributed by atoms with Crippen LogP contribution in [0.1, 0.15) is 23.2 Å². The first-order valence-corrected chi connectivity index (χ1v) is 5.13. The zero-order valence-electron chi connectivity index (χ0n) is 6.93. The normalized spacial score (nSPS) is 21.5. The van der Waals surface area contributed by atoms with Gasteiger partial charge in [-0.1, -0.05) is 15.9 Å². The van der Waals surface area contributed by atoms with Gasteiger partial charge in [0.15, 0.2) is 5.78 Å². The van der Waals surface area contributed by atoms with Crippen LogP contribution in [0.2, 0.25) is 0 Å². The Hall–Kier alpha value is -0.830. The summed E-state index contributed by atoms with van der Waals surface area (Å²) in [6.07, 6.45) is 1.97. The monoisotopic (exact) mass is 237 g/mol. The summed E-state index contributed by atoms with van der Waals surface area (Å²) >= 11 is 3.37. The highest BCUT2D eigenvalue weighted by molar-refractivity contribution is 9.10. The Morgan fingerprint density at radius 2 is 2.15 bits per heavy atom. The fourth-order valence-electron chi connectivity index (χ4n) is 1.86. The van der Waals surface area contributed by atoms with E-state index in [-0.39, 0.29) is 11.3 Å². The Kier molecular flexibility index (Phi) is 1.25. The van der Waals surface area contributed by atoms with E-state index in [0.29, 0.717) is 0 Å². The van der Waals surface area contributed by atoms with Crippen molar-refractivity contribution in [2.45, 2.75) is 18.4 Å². The van der Waals surface area contributed by atoms with Crippen molar-refractivity contribution in [3.63, 3.8) is 0 Å². The minimum absolute atomic E-state index is 0.205. The van der Waals surface area contributed by atoms with Gasteiger partial charge in [-0.3, -0.25) is 4.79 Å². The van der Waals surface area contributed by atoms with Crippen LogP contribution in [0.25, 0.3) is 0 Å². The Morgan fingerprint density at radius 3 is 2.85 bits per heavy atom. The number of carbonyl (C=O) groups is 1. The predicted octanol–water partition coefficient (Wildman–Crippen LogP) is 2.59. The minimum atomic E-state index is -0.205. The van der Waals surface area contributed by atoms with E-state index in [0.717, 1.165) is 28.6 Å². The van der Waals surface area contributed by atoms with E-state index in [1.165, 1.54) is 0 Å². The molecule has 1 fully saturated rings. The number of benzene rings is 1. The van der Waals surface area contributed by atoms with E-state index in [9.17, 15) is 4.79 Å². The molecule has 0 aromatic heterocycles. The van der Waals surface area contributed by atoms with Crippen molar-refractivity contribution in [2.24, 2.45) is 0 Å². The predicted molar refractivity (Wildman–Crippen MR) is 54.1 cm³/mol. The maximum absolute atomic E-state index is 11.8. The summed E-state index contributed by atoms with van der Waals surface area (Å²) in [6.45, 7) is 0. The number of nitrogens with one attached hydrogen (secondary N) is 1. The molecule has 0 unspecified atom stereocenters. The van der Waals surface area contributed by atoms with Crippen molar-refractivity contribution < 1.29 is 4.79 Å². The van der Waals surface area contributed by atoms with Gasteiger partial charge in [0.25, 0.3) is 0 Å². The highest BCUT2D eigenvalue weighted by Crippen LogP contribution is 2.48. The number of Topliss-reactive ketones (excluding diaryl/α,β-unsaturated/α-hetero) is 1. The number of hydrogen-bond acceptors (Lipinski definition) is 2. The van der Waals surface area contributed by atoms with Gasteiger partial charge in [-0.25, -0.2) is 0 Å². The molecule has 1 heterocycles. The number of halogens is 1. The van der Waals surface area contributed by atoms with Crippen LogP contribution in [0.4, 0.5) is 5.69 Å². The molecule has 1 saturated carbocycles. The van der Waals surface area contributed by atoms with Gasteiger partial charge in [-0.2, -0.15) is 0 Å². The first-order chi connectivity index (χ1) is 6.21. The smallest absolute Gasteiger partial charge is 0.190 e. The maximum Gasteiger partial charge on any atom is 0.190 e. The molecule has 2 aliphatic rings. The molecule has 13 heavy (non-hydrogen) atoms. The third-order valence-corrected chi connectivity index (χ3v) is 3.28. The molecule has 1 aromatic rings. The topological polar surface area (TPSA) is 29.1 Å². The molecule has 1 aliphatic heterocycles. The van der Waals surface area contributed by atoms with Crippen LogP contribution >= 0.6 is 15.9 Å². The van der Waals surface area contributed by atoms with E-state index < -0.39 is 0 Å². The summed E-state index contributed by atoms with van der Waals surface area (Å²) in [4.78, 5) is 11.8. The lowest BCUT2D eigenvalue weighted by molar-refractivity contribution is 0.0969. The van der Waals surface area contributed by atoms with Gasteiger partial charge in [0.05, 0.1) is 0 Å². The minimum Gasteiger partial charge on any atom is -0.372 e. The second-order valence-corrected chi connectivity index (χ2v) is 4.64. The number of ketones is 1. The lowest BCUT2D eigenvalue weighted by atomic mass is 10.1. The van der Waals surface area contributed by atoms with Crippen LogP contribution in [0.5, 0.6) is 0 Å². The van der Waals surface area contributed by atoms with Gasteiger partial charge in [0.2, 0.25) is 0 Å². The van der Waals surface area contributed by atoms with E-state index >= 15 is 0 Å². The molecular formula is C10H8BrNO. The van der Waals surface area contributed by atoms with Crippen LogP contribution in [0.15, 0.2) is 22.7 Å². The number of carbonyl (C=O) groups excluding carboxylic acids is 1. The molecule has 0 atom stereocenters. The molecule has 0 saturated heterocycles. The highest BCUT2D eigenvalue weighted by atomic mass is 79.9. The quantitative estimate of drug-likeness (QED) is 0.752. The Bertz CT molecular complexity index is 409. The van der Waals surface area contributed by atoms with Crippen molar-refractivity contribution in [2.75, 3.05) is 5.32 Å². The summed E-state index contributed by atoms with van der Waals surface area (Å²) < 4.78 is 0.971. The third kappa shape index (κ3) is 0.908. The molecule has 2 nitrogen and oxygen atoms in total. The Labute approximate surface area is 84.5 Å². The fraction of sp³-hybridized carbons (Fsp3) is 0.300. The zero-order valence-corrected chi connectivity index (χ0v) is 8.52. The van der Waals surface area contributed by atoms with Gasteiger partial charge in [0, 0.05) is 15.7 Å². The first kappa shape index (κ1) is 7.56. The molecule has 1 spiro atoms. The molecule has 1 N–H and O–H groups in total. The van der Waals surface area contributed by atoms with Crippen molar-refractivity contribution in [1.82, 2.24) is 0 Å². The SMILES string of the molecule is O=C1c2cc(Br)ccc2NC12CC2. The standard InChI is InChI=1S/C10H8BrNO/c11-6-1-2-8-7(5-6)9(13)10(12-8)3-4-10/h1-2,5,12H,3-4H2. The second kappa shape index (κ2) is 2.15. The second-order valence-electron chi connectivity index (χ2n) is 3.73. The van der Waals surface area contributed by atoms with Crippen molar-refractivity contribution in [3.8, 4) is 0 Å². The summed E-state index contributed by atoms with van der Waals surface area (Å²) in [5.74, 6) is 0.267. The van der Waals surface area contributed by atoms with Crippen LogP contribution in [-0.2, 0) is 0 Å². The summed E-state index contributed by atoms with van der Waals surface area (Å²) in [5.41, 5.74) is 1.63. The number of anilines is 1. The zero-order chi connectivity index (χ0) is 9.05. The van der Waals surface area contributed by atoms with E-state index in [2.05, 4.69) is 21.2 Å². The van der Waals surface area contributed by atoms with Crippen molar-refractivity contribution in [1.29, 1.82) is 0 Å². The summed E-state index contributed by atoms with van der Waals surface area (Å²) in [7, 11) is 0. The van der Waals surface area contributed by atoms with Crippen molar-refractivity contribution in [3.05, 3.63) is 28.2 Å². The van der Waals surface area contributed by atoms with Crippen LogP contribution < -0.4 is 5.32 Å². The van der Waals surface area contributed by atoms with Crippen LogP contribution in [0.3, 0.4) is 0 Å². The number of hydrogen-bond donors (Lipinski definition) is 1. The Balaban J connectivity index is 2.18. The van der Waals surface area contributed by atoms with Gasteiger partial charge >= 0.3 is 0 Å². The maximum atomic E-state index is 11.8. The van der Waals surface area contributed by atoms with Gasteiger partial charge in [-0.15, -0.1) is 0 Å². The molecule has 3 heteroatoms. The molecule has 66 valence electrons. The Morgan fingerprint density at radius 1 is 1.38 bits per heavy atom. The largest absolute Gasteiger partial charge is 0.372 e. The van der Waals surface area contributed by atoms with Crippen molar-refractivity contribution >= 4 is 27.4 Å². The van der Waals surface area contributed by atoms with E-state index in [4.69, 9.17) is 0 Å². The molecule has 1 aliphatic carbocycles. The average molecular weight is 238 g/mol. The molecule has 1 aromatic carbocycles. The van der Waals surface area contributed by atoms with Crippen LogP contribution in [0, 0.1) is 0 Å². The molecule has 0 bridgehead atoms. The summed E-state index contributed by atoms with van der Waals surface area (Å²) in [5, 5.41) is 3.29. The van der Waals surface area contributed by atoms with Crippen LogP contribution in [-0.4, -0.2) is 11.3 Å². The molecule has 0 amide bonds.